The Balaban J connectivity index is 1.22. The van der Waals surface area contributed by atoms with Gasteiger partial charge in [-0.1, -0.05) is 6.07 Å². The van der Waals surface area contributed by atoms with Crippen LogP contribution in [0.5, 0.6) is 0 Å². The Bertz CT molecular complexity index is 1740. The van der Waals surface area contributed by atoms with E-state index in [0.717, 1.165) is 53.0 Å². The van der Waals surface area contributed by atoms with Crippen LogP contribution in [0.3, 0.4) is 0 Å². The zero-order chi connectivity index (χ0) is 28.7. The molecule has 1 amide bonds. The number of pyridine rings is 3. The number of ether oxygens (including phenoxy) is 1. The van der Waals surface area contributed by atoms with E-state index in [1.54, 1.807) is 26.1 Å². The zero-order valence-electron chi connectivity index (χ0n) is 23.2. The Labute approximate surface area is 239 Å². The normalized spacial score (nSPS) is 18.9. The number of carbonyl (C=O) groups is 1. The van der Waals surface area contributed by atoms with Crippen LogP contribution in [0.1, 0.15) is 27.2 Å². The minimum Gasteiger partial charge on any atom is -0.377 e. The lowest BCUT2D eigenvalue weighted by Crippen LogP contribution is -2.64. The van der Waals surface area contributed by atoms with Crippen LogP contribution in [0.15, 0.2) is 59.6 Å². The SMILES string of the molecule is Cc1cc(C(=O)NCc2cc3nc(-c4cccc(N5[C@@H]6CNC[C@H]5COC6)n4)ccc3cn2)cc(S(C)(=O)=O)c1C. The molecule has 2 aliphatic heterocycles. The molecule has 1 aromatic carbocycles. The second-order valence-electron chi connectivity index (χ2n) is 10.7. The predicted octanol–water partition coefficient (Wildman–Crippen LogP) is 2.82. The highest BCUT2D eigenvalue weighted by Gasteiger charge is 2.35. The Morgan fingerprint density at radius 3 is 2.56 bits per heavy atom. The van der Waals surface area contributed by atoms with Crippen molar-refractivity contribution in [2.24, 2.45) is 0 Å². The Kier molecular flexibility index (Phi) is 7.18. The highest BCUT2D eigenvalue weighted by atomic mass is 32.2. The van der Waals surface area contributed by atoms with Crippen LogP contribution in [-0.2, 0) is 21.1 Å². The van der Waals surface area contributed by atoms with Crippen molar-refractivity contribution in [3.63, 3.8) is 0 Å². The highest BCUT2D eigenvalue weighted by Crippen LogP contribution is 2.27. The van der Waals surface area contributed by atoms with Crippen LogP contribution in [0, 0.1) is 13.8 Å². The molecule has 212 valence electrons. The van der Waals surface area contributed by atoms with Gasteiger partial charge in [0.1, 0.15) is 5.82 Å². The van der Waals surface area contributed by atoms with Crippen molar-refractivity contribution in [2.75, 3.05) is 37.5 Å². The Hall–Kier alpha value is -3.93. The van der Waals surface area contributed by atoms with Gasteiger partial charge in [0.15, 0.2) is 9.84 Å². The first kappa shape index (κ1) is 27.3. The fourth-order valence-electron chi connectivity index (χ4n) is 5.53. The first-order chi connectivity index (χ1) is 19.7. The summed E-state index contributed by atoms with van der Waals surface area (Å²) in [6.07, 6.45) is 2.88. The number of aryl methyl sites for hydroxylation is 1. The summed E-state index contributed by atoms with van der Waals surface area (Å²) in [7, 11) is -3.46. The number of hydrogen-bond acceptors (Lipinski definition) is 9. The summed E-state index contributed by atoms with van der Waals surface area (Å²) in [5.41, 5.74) is 4.59. The van der Waals surface area contributed by atoms with Crippen molar-refractivity contribution in [2.45, 2.75) is 37.4 Å². The molecule has 10 nitrogen and oxygen atoms in total. The molecule has 5 heterocycles. The van der Waals surface area contributed by atoms with E-state index >= 15 is 0 Å². The van der Waals surface area contributed by atoms with E-state index in [2.05, 4.69) is 20.5 Å². The van der Waals surface area contributed by atoms with Crippen molar-refractivity contribution in [3.05, 3.63) is 77.1 Å². The largest absolute Gasteiger partial charge is 0.377 e. The Morgan fingerprint density at radius 2 is 1.80 bits per heavy atom. The lowest BCUT2D eigenvalue weighted by molar-refractivity contribution is 0.0523. The number of benzene rings is 1. The summed E-state index contributed by atoms with van der Waals surface area (Å²) < 4.78 is 30.2. The first-order valence-electron chi connectivity index (χ1n) is 13.6. The molecule has 3 aromatic heterocycles. The van der Waals surface area contributed by atoms with Crippen LogP contribution >= 0.6 is 0 Å². The monoisotopic (exact) mass is 572 g/mol. The fourth-order valence-corrected chi connectivity index (χ4v) is 6.59. The molecule has 41 heavy (non-hydrogen) atoms. The van der Waals surface area contributed by atoms with Gasteiger partial charge in [0.05, 0.1) is 59.3 Å². The number of fused-ring (bicyclic) bond motifs is 3. The molecule has 4 aromatic rings. The van der Waals surface area contributed by atoms with Crippen LogP contribution in [0.4, 0.5) is 5.82 Å². The van der Waals surface area contributed by atoms with Crippen LogP contribution in [0.2, 0.25) is 0 Å². The molecule has 11 heteroatoms. The van der Waals surface area contributed by atoms with Gasteiger partial charge < -0.3 is 20.3 Å². The van der Waals surface area contributed by atoms with E-state index < -0.39 is 9.84 Å². The van der Waals surface area contributed by atoms with Crippen LogP contribution < -0.4 is 15.5 Å². The molecule has 2 fully saturated rings. The van der Waals surface area contributed by atoms with Crippen molar-refractivity contribution < 1.29 is 17.9 Å². The second kappa shape index (κ2) is 10.8. The minimum absolute atomic E-state index is 0.161. The maximum atomic E-state index is 12.9. The fraction of sp³-hybridized carbons (Fsp3) is 0.333. The van der Waals surface area contributed by atoms with Crippen molar-refractivity contribution in [3.8, 4) is 11.4 Å². The number of nitrogens with one attached hydrogen (secondary N) is 2. The molecule has 0 spiro atoms. The molecule has 0 saturated carbocycles. The highest BCUT2D eigenvalue weighted by molar-refractivity contribution is 7.90. The smallest absolute Gasteiger partial charge is 0.251 e. The van der Waals surface area contributed by atoms with Crippen molar-refractivity contribution >= 4 is 32.5 Å². The Morgan fingerprint density at radius 1 is 1.05 bits per heavy atom. The van der Waals surface area contributed by atoms with Crippen molar-refractivity contribution in [1.29, 1.82) is 0 Å². The molecule has 2 aliphatic rings. The van der Waals surface area contributed by atoms with Crippen molar-refractivity contribution in [1.82, 2.24) is 25.6 Å². The van der Waals surface area contributed by atoms with Gasteiger partial charge in [-0.25, -0.2) is 18.4 Å². The van der Waals surface area contributed by atoms with E-state index in [0.29, 0.717) is 30.0 Å². The van der Waals surface area contributed by atoms with E-state index in [4.69, 9.17) is 14.7 Å². The lowest BCUT2D eigenvalue weighted by Gasteiger charge is -2.46. The lowest BCUT2D eigenvalue weighted by atomic mass is 10.1. The molecule has 0 unspecified atom stereocenters. The van der Waals surface area contributed by atoms with Gasteiger partial charge in [-0.15, -0.1) is 0 Å². The number of hydrogen-bond donors (Lipinski definition) is 2. The van der Waals surface area contributed by atoms with Gasteiger partial charge in [0, 0.05) is 36.5 Å². The van der Waals surface area contributed by atoms with Gasteiger partial charge in [-0.2, -0.15) is 0 Å². The van der Waals surface area contributed by atoms with Gasteiger partial charge in [-0.3, -0.25) is 9.78 Å². The second-order valence-corrected chi connectivity index (χ2v) is 12.7. The third-order valence-corrected chi connectivity index (χ3v) is 8.99. The standard InChI is InChI=1S/C30H32N6O4S/c1-18-9-21(10-28(19(18)2)41(3,38)39)30(37)33-13-22-11-27-20(12-32-22)7-8-26(34-27)25-5-4-6-29(35-25)36-23-14-31-15-24(36)17-40-16-23/h4-12,23-24,31H,13-17H2,1-3H3,(H,33,37)/t23-,24+. The molecule has 0 aliphatic carbocycles. The summed E-state index contributed by atoms with van der Waals surface area (Å²) >= 11 is 0. The molecular formula is C30H32N6O4S. The average molecular weight is 573 g/mol. The number of nitrogens with zero attached hydrogens (tertiary/aromatic N) is 4. The maximum Gasteiger partial charge on any atom is 0.251 e. The van der Waals surface area contributed by atoms with E-state index in [1.165, 1.54) is 6.07 Å². The number of piperazine rings is 1. The number of aromatic nitrogens is 3. The van der Waals surface area contributed by atoms with E-state index in [9.17, 15) is 13.2 Å². The topological polar surface area (TPSA) is 126 Å². The van der Waals surface area contributed by atoms with Gasteiger partial charge in [0.25, 0.3) is 5.91 Å². The third kappa shape index (κ3) is 5.52. The average Bonchev–Trinajstić information content (AvgIpc) is 2.95. The maximum absolute atomic E-state index is 12.9. The quantitative estimate of drug-likeness (QED) is 0.359. The number of sulfone groups is 1. The number of carbonyl (C=O) groups excluding carboxylic acids is 1. The molecule has 2 saturated heterocycles. The molecule has 0 radical (unpaired) electrons. The summed E-state index contributed by atoms with van der Waals surface area (Å²) in [6, 6.07) is 15.4. The third-order valence-electron chi connectivity index (χ3n) is 7.77. The summed E-state index contributed by atoms with van der Waals surface area (Å²) in [6.45, 7) is 6.80. The van der Waals surface area contributed by atoms with Crippen LogP contribution in [-0.4, -0.2) is 73.9 Å². The molecule has 2 bridgehead atoms. The number of morpholine rings is 1. The van der Waals surface area contributed by atoms with E-state index in [1.807, 2.05) is 36.4 Å². The predicted molar refractivity (Wildman–Crippen MR) is 157 cm³/mol. The molecular weight excluding hydrogens is 540 g/mol. The summed E-state index contributed by atoms with van der Waals surface area (Å²) in [5, 5.41) is 7.21. The molecule has 6 rings (SSSR count). The number of amides is 1. The minimum atomic E-state index is -3.46. The number of anilines is 1. The zero-order valence-corrected chi connectivity index (χ0v) is 24.0. The number of rotatable bonds is 6. The molecule has 2 atom stereocenters. The van der Waals surface area contributed by atoms with Gasteiger partial charge in [0.2, 0.25) is 0 Å². The van der Waals surface area contributed by atoms with Crippen LogP contribution in [0.25, 0.3) is 22.3 Å². The first-order valence-corrected chi connectivity index (χ1v) is 15.5. The molecule has 2 N–H and O–H groups in total. The van der Waals surface area contributed by atoms with Gasteiger partial charge in [-0.05, 0) is 67.4 Å². The summed E-state index contributed by atoms with van der Waals surface area (Å²) in [5.74, 6) is 0.554. The van der Waals surface area contributed by atoms with E-state index in [-0.39, 0.29) is 29.4 Å². The summed E-state index contributed by atoms with van der Waals surface area (Å²) in [4.78, 5) is 29.8. The van der Waals surface area contributed by atoms with Gasteiger partial charge >= 0.3 is 0 Å².